The van der Waals surface area contributed by atoms with E-state index in [1.165, 1.54) is 4.90 Å². The minimum atomic E-state index is -0.649. The van der Waals surface area contributed by atoms with Gasteiger partial charge < -0.3 is 20.3 Å². The number of nitrogens with one attached hydrogen (secondary N) is 2. The number of hydrogen-bond acceptors (Lipinski definition) is 6. The largest absolute Gasteiger partial charge is 0.454 e. The van der Waals surface area contributed by atoms with Gasteiger partial charge in [0.2, 0.25) is 0 Å². The number of amides is 3. The summed E-state index contributed by atoms with van der Waals surface area (Å²) in [5.74, 6) is -0.557. The number of rotatable bonds is 8. The highest BCUT2D eigenvalue weighted by Gasteiger charge is 2.24. The van der Waals surface area contributed by atoms with Crippen LogP contribution in [0.1, 0.15) is 24.2 Å². The summed E-state index contributed by atoms with van der Waals surface area (Å²) in [6.45, 7) is 4.31. The molecule has 0 unspecified atom stereocenters. The van der Waals surface area contributed by atoms with Crippen LogP contribution in [0.25, 0.3) is 0 Å². The molecule has 0 saturated carbocycles. The second-order valence-corrected chi connectivity index (χ2v) is 7.44. The zero-order chi connectivity index (χ0) is 19.8. The highest BCUT2D eigenvalue weighted by Crippen LogP contribution is 2.17. The molecule has 1 aromatic carbocycles. The van der Waals surface area contributed by atoms with Gasteiger partial charge in [-0.25, -0.2) is 0 Å². The molecule has 0 spiro atoms. The van der Waals surface area contributed by atoms with E-state index < -0.39 is 18.5 Å². The normalized spacial score (nSPS) is 13.6. The van der Waals surface area contributed by atoms with Gasteiger partial charge in [-0.3, -0.25) is 19.2 Å². The van der Waals surface area contributed by atoms with Gasteiger partial charge in [0.15, 0.2) is 6.61 Å². The number of carbonyl (C=O) groups is 4. The summed E-state index contributed by atoms with van der Waals surface area (Å²) < 4.78 is 4.91. The number of thioether (sulfide) groups is 1. The third kappa shape index (κ3) is 6.59. The van der Waals surface area contributed by atoms with E-state index >= 15 is 0 Å². The molecule has 1 aliphatic heterocycles. The molecule has 9 heteroatoms. The second-order valence-electron chi connectivity index (χ2n) is 6.39. The van der Waals surface area contributed by atoms with Crippen LogP contribution < -0.4 is 10.6 Å². The van der Waals surface area contributed by atoms with Crippen LogP contribution in [-0.2, 0) is 14.3 Å². The summed E-state index contributed by atoms with van der Waals surface area (Å²) in [7, 11) is 0. The van der Waals surface area contributed by atoms with Crippen molar-refractivity contribution in [3.05, 3.63) is 29.8 Å². The van der Waals surface area contributed by atoms with E-state index in [9.17, 15) is 19.2 Å². The van der Waals surface area contributed by atoms with E-state index in [0.29, 0.717) is 36.0 Å². The van der Waals surface area contributed by atoms with Crippen molar-refractivity contribution in [3.8, 4) is 0 Å². The van der Waals surface area contributed by atoms with Crippen LogP contribution in [-0.4, -0.2) is 59.9 Å². The average Bonchev–Trinajstić information content (AvgIpc) is 3.03. The van der Waals surface area contributed by atoms with Crippen LogP contribution in [0.2, 0.25) is 0 Å². The van der Waals surface area contributed by atoms with Gasteiger partial charge in [0.05, 0.1) is 11.3 Å². The minimum Gasteiger partial charge on any atom is -0.454 e. The van der Waals surface area contributed by atoms with Crippen LogP contribution in [0.4, 0.5) is 10.5 Å². The van der Waals surface area contributed by atoms with Crippen LogP contribution in [0, 0.1) is 5.92 Å². The lowest BCUT2D eigenvalue weighted by molar-refractivity contribution is -0.147. The molecule has 0 bridgehead atoms. The molecule has 27 heavy (non-hydrogen) atoms. The van der Waals surface area contributed by atoms with E-state index in [0.717, 1.165) is 11.8 Å². The first-order valence-corrected chi connectivity index (χ1v) is 9.59. The number of benzene rings is 1. The molecule has 0 aromatic heterocycles. The van der Waals surface area contributed by atoms with Gasteiger partial charge in [-0.15, -0.1) is 0 Å². The summed E-state index contributed by atoms with van der Waals surface area (Å²) in [5.41, 5.74) is 0.670. The lowest BCUT2D eigenvalue weighted by atomic mass is 10.1. The van der Waals surface area contributed by atoms with Crippen molar-refractivity contribution in [3.63, 3.8) is 0 Å². The van der Waals surface area contributed by atoms with Crippen molar-refractivity contribution in [1.29, 1.82) is 0 Å². The number of ether oxygens (including phenoxy) is 1. The number of hydrogen-bond donors (Lipinski definition) is 2. The fourth-order valence-corrected chi connectivity index (χ4v) is 3.11. The summed E-state index contributed by atoms with van der Waals surface area (Å²) in [6.07, 6.45) is 0. The molecule has 1 aromatic rings. The van der Waals surface area contributed by atoms with Crippen molar-refractivity contribution in [2.45, 2.75) is 13.8 Å². The predicted molar refractivity (Wildman–Crippen MR) is 103 cm³/mol. The lowest BCUT2D eigenvalue weighted by Gasteiger charge is -2.14. The molecule has 2 N–H and O–H groups in total. The van der Waals surface area contributed by atoms with Crippen molar-refractivity contribution in [2.75, 3.05) is 37.3 Å². The highest BCUT2D eigenvalue weighted by atomic mass is 32.2. The van der Waals surface area contributed by atoms with Gasteiger partial charge in [-0.05, 0) is 18.1 Å². The van der Waals surface area contributed by atoms with Gasteiger partial charge in [-0.2, -0.15) is 0 Å². The standard InChI is InChI=1S/C18H23N3O5S/c1-12(2)9-19-17(24)13-5-3-4-6-14(13)20-15(22)11-26-16(23)10-21-7-8-27-18(21)25/h3-6,12H,7-11H2,1-2H3,(H,19,24)(H,20,22). The molecule has 8 nitrogen and oxygen atoms in total. The number of para-hydroxylation sites is 1. The van der Waals surface area contributed by atoms with Gasteiger partial charge in [0, 0.05) is 18.8 Å². The monoisotopic (exact) mass is 393 g/mol. The Morgan fingerprint density at radius 2 is 2.00 bits per heavy atom. The van der Waals surface area contributed by atoms with E-state index in [4.69, 9.17) is 4.74 Å². The molecule has 3 amide bonds. The SMILES string of the molecule is CC(C)CNC(=O)c1ccccc1NC(=O)COC(=O)CN1CCSC1=O. The number of carbonyl (C=O) groups excluding carboxylic acids is 4. The van der Waals surface area contributed by atoms with Crippen molar-refractivity contribution < 1.29 is 23.9 Å². The van der Waals surface area contributed by atoms with E-state index in [1.54, 1.807) is 24.3 Å². The summed E-state index contributed by atoms with van der Waals surface area (Å²) in [4.78, 5) is 48.9. The molecule has 1 fully saturated rings. The van der Waals surface area contributed by atoms with Gasteiger partial charge in [-0.1, -0.05) is 37.7 Å². The number of anilines is 1. The van der Waals surface area contributed by atoms with Gasteiger partial charge in [0.25, 0.3) is 17.1 Å². The zero-order valence-electron chi connectivity index (χ0n) is 15.3. The van der Waals surface area contributed by atoms with E-state index in [-0.39, 0.29) is 17.7 Å². The second kappa shape index (κ2) is 9.96. The molecule has 1 saturated heterocycles. The Morgan fingerprint density at radius 3 is 2.67 bits per heavy atom. The summed E-state index contributed by atoms with van der Waals surface area (Å²) >= 11 is 1.15. The Hall–Kier alpha value is -2.55. The zero-order valence-corrected chi connectivity index (χ0v) is 16.1. The van der Waals surface area contributed by atoms with Gasteiger partial charge >= 0.3 is 5.97 Å². The fraction of sp³-hybridized carbons (Fsp3) is 0.444. The predicted octanol–water partition coefficient (Wildman–Crippen LogP) is 1.72. The molecular formula is C18H23N3O5S. The first-order valence-electron chi connectivity index (χ1n) is 8.61. The molecule has 0 aliphatic carbocycles. The average molecular weight is 393 g/mol. The maximum Gasteiger partial charge on any atom is 0.326 e. The fourth-order valence-electron chi connectivity index (χ4n) is 2.29. The Morgan fingerprint density at radius 1 is 1.26 bits per heavy atom. The molecular weight excluding hydrogens is 370 g/mol. The molecule has 0 atom stereocenters. The van der Waals surface area contributed by atoms with Crippen LogP contribution >= 0.6 is 11.8 Å². The van der Waals surface area contributed by atoms with Crippen LogP contribution in [0.5, 0.6) is 0 Å². The van der Waals surface area contributed by atoms with Gasteiger partial charge in [0.1, 0.15) is 6.54 Å². The molecule has 1 heterocycles. The first kappa shape index (κ1) is 20.8. The maximum atomic E-state index is 12.3. The lowest BCUT2D eigenvalue weighted by Crippen LogP contribution is -2.33. The molecule has 146 valence electrons. The Labute approximate surface area is 162 Å². The maximum absolute atomic E-state index is 12.3. The van der Waals surface area contributed by atoms with Crippen LogP contribution in [0.3, 0.4) is 0 Å². The topological polar surface area (TPSA) is 105 Å². The van der Waals surface area contributed by atoms with Crippen molar-refractivity contribution in [1.82, 2.24) is 10.2 Å². The van der Waals surface area contributed by atoms with Crippen LogP contribution in [0.15, 0.2) is 24.3 Å². The first-order chi connectivity index (χ1) is 12.9. The highest BCUT2D eigenvalue weighted by molar-refractivity contribution is 8.13. The summed E-state index contributed by atoms with van der Waals surface area (Å²) in [5, 5.41) is 5.20. The van der Waals surface area contributed by atoms with E-state index in [1.807, 2.05) is 13.8 Å². The third-order valence-corrected chi connectivity index (χ3v) is 4.54. The number of nitrogens with zero attached hydrogens (tertiary/aromatic N) is 1. The molecule has 1 aliphatic rings. The molecule has 0 radical (unpaired) electrons. The third-order valence-electron chi connectivity index (χ3n) is 3.65. The van der Waals surface area contributed by atoms with E-state index in [2.05, 4.69) is 10.6 Å². The number of esters is 1. The van der Waals surface area contributed by atoms with Crippen molar-refractivity contribution >= 4 is 40.5 Å². The molecule has 2 rings (SSSR count). The quantitative estimate of drug-likeness (QED) is 0.652. The van der Waals surface area contributed by atoms with Crippen molar-refractivity contribution in [2.24, 2.45) is 5.92 Å². The Kier molecular flexibility index (Phi) is 7.66. The Bertz CT molecular complexity index is 723. The minimum absolute atomic E-state index is 0.169. The Balaban J connectivity index is 1.85. The summed E-state index contributed by atoms with van der Waals surface area (Å²) in [6, 6.07) is 6.60. The smallest absolute Gasteiger partial charge is 0.326 e.